The van der Waals surface area contributed by atoms with Crippen molar-refractivity contribution < 1.29 is 9.53 Å². The van der Waals surface area contributed by atoms with Crippen molar-refractivity contribution >= 4 is 11.6 Å². The minimum absolute atomic E-state index is 0.0518. The van der Waals surface area contributed by atoms with Crippen LogP contribution in [-0.4, -0.2) is 41.2 Å². The van der Waals surface area contributed by atoms with Crippen molar-refractivity contribution in [1.82, 2.24) is 9.47 Å². The number of aryl methyl sites for hydroxylation is 1. The molecule has 0 aromatic carbocycles. The minimum Gasteiger partial charge on any atom is -0.397 e. The lowest BCUT2D eigenvalue weighted by atomic mass is 10.2. The zero-order chi connectivity index (χ0) is 13.1. The normalized spacial score (nSPS) is 20.1. The summed E-state index contributed by atoms with van der Waals surface area (Å²) in [6.45, 7) is 6.78. The summed E-state index contributed by atoms with van der Waals surface area (Å²) >= 11 is 0. The quantitative estimate of drug-likeness (QED) is 0.882. The molecule has 0 unspecified atom stereocenters. The summed E-state index contributed by atoms with van der Waals surface area (Å²) < 4.78 is 7.30. The van der Waals surface area contributed by atoms with E-state index in [4.69, 9.17) is 10.5 Å². The molecule has 1 amide bonds. The molecule has 1 saturated heterocycles. The third-order valence-electron chi connectivity index (χ3n) is 3.23. The molecular weight excluding hydrogens is 230 g/mol. The number of morpholine rings is 1. The Morgan fingerprint density at radius 3 is 3.06 bits per heavy atom. The maximum absolute atomic E-state index is 12.5. The van der Waals surface area contributed by atoms with E-state index in [1.807, 2.05) is 22.6 Å². The minimum atomic E-state index is 0.0518. The average Bonchev–Trinajstić information content (AvgIpc) is 2.71. The van der Waals surface area contributed by atoms with E-state index in [1.165, 1.54) is 0 Å². The molecular formula is C13H21N3O2. The first-order chi connectivity index (χ1) is 8.63. The number of carbonyl (C=O) groups excluding carboxylic acids is 1. The predicted octanol–water partition coefficient (Wildman–Crippen LogP) is 1.34. The summed E-state index contributed by atoms with van der Waals surface area (Å²) in [7, 11) is 0. The number of hydrogen-bond acceptors (Lipinski definition) is 3. The van der Waals surface area contributed by atoms with Crippen LogP contribution >= 0.6 is 0 Å². The Morgan fingerprint density at radius 1 is 1.61 bits per heavy atom. The van der Waals surface area contributed by atoms with E-state index in [0.29, 0.717) is 31.1 Å². The zero-order valence-corrected chi connectivity index (χ0v) is 11.1. The molecule has 1 atom stereocenters. The van der Waals surface area contributed by atoms with Crippen LogP contribution in [0.2, 0.25) is 0 Å². The molecule has 2 heterocycles. The van der Waals surface area contributed by atoms with Gasteiger partial charge < -0.3 is 19.9 Å². The lowest BCUT2D eigenvalue weighted by molar-refractivity contribution is 0.00301. The summed E-state index contributed by atoms with van der Waals surface area (Å²) in [5.41, 5.74) is 7.12. The summed E-state index contributed by atoms with van der Waals surface area (Å²) in [6, 6.07) is 1.89. The molecule has 100 valence electrons. The van der Waals surface area contributed by atoms with Crippen molar-refractivity contribution in [2.24, 2.45) is 0 Å². The first kappa shape index (κ1) is 13.0. The van der Waals surface area contributed by atoms with E-state index in [1.54, 1.807) is 6.07 Å². The highest BCUT2D eigenvalue weighted by atomic mass is 16.5. The molecule has 1 fully saturated rings. The second-order valence-corrected chi connectivity index (χ2v) is 4.77. The van der Waals surface area contributed by atoms with E-state index in [0.717, 1.165) is 13.0 Å². The Kier molecular flexibility index (Phi) is 3.91. The fourth-order valence-corrected chi connectivity index (χ4v) is 2.31. The molecule has 1 aliphatic rings. The largest absolute Gasteiger partial charge is 0.397 e. The maximum Gasteiger partial charge on any atom is 0.270 e. The Balaban J connectivity index is 2.21. The number of hydrogen-bond donors (Lipinski definition) is 1. The highest BCUT2D eigenvalue weighted by molar-refractivity contribution is 5.94. The fourth-order valence-electron chi connectivity index (χ4n) is 2.31. The van der Waals surface area contributed by atoms with Crippen molar-refractivity contribution in [2.75, 3.05) is 25.5 Å². The smallest absolute Gasteiger partial charge is 0.270 e. The molecule has 1 aromatic heterocycles. The van der Waals surface area contributed by atoms with E-state index in [2.05, 4.69) is 6.92 Å². The molecule has 1 aromatic rings. The Labute approximate surface area is 108 Å². The molecule has 0 aliphatic carbocycles. The molecule has 0 saturated carbocycles. The first-order valence-corrected chi connectivity index (χ1v) is 6.47. The van der Waals surface area contributed by atoms with Crippen molar-refractivity contribution in [1.29, 1.82) is 0 Å². The highest BCUT2D eigenvalue weighted by Crippen LogP contribution is 2.17. The SMILES string of the molecule is CCCn1cc(N)cc1C(=O)N1CCOC[C@H]1C. The third-order valence-corrected chi connectivity index (χ3v) is 3.23. The van der Waals surface area contributed by atoms with Gasteiger partial charge in [0, 0.05) is 19.3 Å². The number of nitrogens with zero attached hydrogens (tertiary/aromatic N) is 2. The lowest BCUT2D eigenvalue weighted by Crippen LogP contribution is -2.47. The zero-order valence-electron chi connectivity index (χ0n) is 11.1. The number of carbonyl (C=O) groups is 1. The number of aromatic nitrogens is 1. The van der Waals surface area contributed by atoms with E-state index in [9.17, 15) is 4.79 Å². The van der Waals surface area contributed by atoms with E-state index >= 15 is 0 Å². The van der Waals surface area contributed by atoms with E-state index < -0.39 is 0 Å². The van der Waals surface area contributed by atoms with Crippen LogP contribution in [0.4, 0.5) is 5.69 Å². The molecule has 2 N–H and O–H groups in total. The van der Waals surface area contributed by atoms with Gasteiger partial charge in [-0.1, -0.05) is 6.92 Å². The van der Waals surface area contributed by atoms with Crippen LogP contribution in [0.25, 0.3) is 0 Å². The number of nitrogen functional groups attached to an aromatic ring is 1. The summed E-state index contributed by atoms with van der Waals surface area (Å²) in [5, 5.41) is 0. The van der Waals surface area contributed by atoms with E-state index in [-0.39, 0.29) is 11.9 Å². The highest BCUT2D eigenvalue weighted by Gasteiger charge is 2.26. The molecule has 0 bridgehead atoms. The molecule has 2 rings (SSSR count). The standard InChI is InChI=1S/C13H21N3O2/c1-3-4-15-8-11(14)7-12(15)13(17)16-5-6-18-9-10(16)2/h7-8,10H,3-6,9,14H2,1-2H3/t10-/m1/s1. The monoisotopic (exact) mass is 251 g/mol. The second-order valence-electron chi connectivity index (χ2n) is 4.77. The summed E-state index contributed by atoms with van der Waals surface area (Å²) in [5.74, 6) is 0.0518. The molecule has 0 spiro atoms. The Morgan fingerprint density at radius 2 is 2.39 bits per heavy atom. The summed E-state index contributed by atoms with van der Waals surface area (Å²) in [4.78, 5) is 14.4. The van der Waals surface area contributed by atoms with Crippen LogP contribution < -0.4 is 5.73 Å². The van der Waals surface area contributed by atoms with Crippen molar-refractivity contribution in [3.05, 3.63) is 18.0 Å². The Hall–Kier alpha value is -1.49. The Bertz CT molecular complexity index is 428. The van der Waals surface area contributed by atoms with Gasteiger partial charge in [-0.25, -0.2) is 0 Å². The van der Waals surface area contributed by atoms with Gasteiger partial charge >= 0.3 is 0 Å². The van der Waals surface area contributed by atoms with Crippen molar-refractivity contribution in [3.8, 4) is 0 Å². The number of nitrogens with two attached hydrogens (primary N) is 1. The molecule has 0 radical (unpaired) electrons. The van der Waals surface area contributed by atoms with Crippen LogP contribution in [0.5, 0.6) is 0 Å². The molecule has 1 aliphatic heterocycles. The number of ether oxygens (including phenoxy) is 1. The maximum atomic E-state index is 12.5. The van der Waals surface area contributed by atoms with Gasteiger partial charge in [0.2, 0.25) is 0 Å². The van der Waals surface area contributed by atoms with Gasteiger partial charge in [-0.3, -0.25) is 4.79 Å². The number of amides is 1. The van der Waals surface area contributed by atoms with Crippen LogP contribution in [0.1, 0.15) is 30.8 Å². The summed E-state index contributed by atoms with van der Waals surface area (Å²) in [6.07, 6.45) is 2.81. The third kappa shape index (κ3) is 2.51. The van der Waals surface area contributed by atoms with Gasteiger partial charge in [0.05, 0.1) is 24.9 Å². The predicted molar refractivity (Wildman–Crippen MR) is 70.5 cm³/mol. The number of rotatable bonds is 3. The first-order valence-electron chi connectivity index (χ1n) is 6.47. The topological polar surface area (TPSA) is 60.5 Å². The number of anilines is 1. The molecule has 5 nitrogen and oxygen atoms in total. The lowest BCUT2D eigenvalue weighted by Gasteiger charge is -2.33. The van der Waals surface area contributed by atoms with Gasteiger partial charge in [0.1, 0.15) is 5.69 Å². The second kappa shape index (κ2) is 5.44. The van der Waals surface area contributed by atoms with Gasteiger partial charge in [0.25, 0.3) is 5.91 Å². The van der Waals surface area contributed by atoms with Gasteiger partial charge in [-0.15, -0.1) is 0 Å². The molecule has 18 heavy (non-hydrogen) atoms. The van der Waals surface area contributed by atoms with Crippen molar-refractivity contribution in [3.63, 3.8) is 0 Å². The van der Waals surface area contributed by atoms with Crippen LogP contribution in [0.3, 0.4) is 0 Å². The van der Waals surface area contributed by atoms with Gasteiger partial charge in [-0.2, -0.15) is 0 Å². The van der Waals surface area contributed by atoms with Crippen LogP contribution in [-0.2, 0) is 11.3 Å². The van der Waals surface area contributed by atoms with Crippen LogP contribution in [0.15, 0.2) is 12.3 Å². The van der Waals surface area contributed by atoms with Crippen molar-refractivity contribution in [2.45, 2.75) is 32.9 Å². The molecule has 5 heteroatoms. The van der Waals surface area contributed by atoms with Gasteiger partial charge in [-0.05, 0) is 19.4 Å². The fraction of sp³-hybridized carbons (Fsp3) is 0.615. The van der Waals surface area contributed by atoms with Gasteiger partial charge in [0.15, 0.2) is 0 Å². The average molecular weight is 251 g/mol. The van der Waals surface area contributed by atoms with Crippen LogP contribution in [0, 0.1) is 0 Å².